The van der Waals surface area contributed by atoms with Crippen molar-refractivity contribution in [2.45, 2.75) is 13.5 Å². The fourth-order valence-electron chi connectivity index (χ4n) is 1.68. The van der Waals surface area contributed by atoms with Gasteiger partial charge in [0, 0.05) is 18.9 Å². The molecule has 18 heavy (non-hydrogen) atoms. The maximum Gasteiger partial charge on any atom is 0.354 e. The maximum absolute atomic E-state index is 13.0. The van der Waals surface area contributed by atoms with Crippen molar-refractivity contribution in [2.75, 3.05) is 6.61 Å². The van der Waals surface area contributed by atoms with E-state index in [1.54, 1.807) is 36.0 Å². The average Bonchev–Trinajstić information content (AvgIpc) is 2.77. The van der Waals surface area contributed by atoms with Gasteiger partial charge in [0.1, 0.15) is 11.5 Å². The van der Waals surface area contributed by atoms with E-state index >= 15 is 0 Å². The van der Waals surface area contributed by atoms with Crippen LogP contribution >= 0.6 is 0 Å². The molecule has 0 aromatic carbocycles. The summed E-state index contributed by atoms with van der Waals surface area (Å²) in [5, 5.41) is 0. The molecule has 0 aliphatic rings. The van der Waals surface area contributed by atoms with Crippen LogP contribution in [0.3, 0.4) is 0 Å². The van der Waals surface area contributed by atoms with Crippen LogP contribution in [-0.4, -0.2) is 22.1 Å². The first-order valence-electron chi connectivity index (χ1n) is 5.62. The van der Waals surface area contributed by atoms with Gasteiger partial charge in [0.2, 0.25) is 0 Å². The van der Waals surface area contributed by atoms with Gasteiger partial charge >= 0.3 is 5.97 Å². The highest BCUT2D eigenvalue weighted by Crippen LogP contribution is 2.09. The van der Waals surface area contributed by atoms with Crippen molar-refractivity contribution in [1.82, 2.24) is 9.55 Å². The second kappa shape index (κ2) is 5.44. The summed E-state index contributed by atoms with van der Waals surface area (Å²) in [5.74, 6) is -0.774. The molecular formula is C13H13FN2O2. The first-order valence-corrected chi connectivity index (χ1v) is 5.62. The Hall–Kier alpha value is -2.17. The number of hydrogen-bond acceptors (Lipinski definition) is 3. The Balaban J connectivity index is 2.20. The lowest BCUT2D eigenvalue weighted by Crippen LogP contribution is -2.12. The summed E-state index contributed by atoms with van der Waals surface area (Å²) < 4.78 is 19.7. The van der Waals surface area contributed by atoms with E-state index in [0.717, 1.165) is 6.20 Å². The molecule has 0 saturated heterocycles. The van der Waals surface area contributed by atoms with Crippen molar-refractivity contribution in [1.29, 1.82) is 0 Å². The number of rotatable bonds is 4. The zero-order chi connectivity index (χ0) is 13.0. The summed E-state index contributed by atoms with van der Waals surface area (Å²) in [5.41, 5.74) is 1.14. The number of nitrogens with zero attached hydrogens (tertiary/aromatic N) is 2. The summed E-state index contributed by atoms with van der Waals surface area (Å²) in [4.78, 5) is 15.4. The van der Waals surface area contributed by atoms with Gasteiger partial charge in [-0.3, -0.25) is 4.98 Å². The summed E-state index contributed by atoms with van der Waals surface area (Å²) >= 11 is 0. The first kappa shape index (κ1) is 12.3. The Labute approximate surface area is 104 Å². The van der Waals surface area contributed by atoms with Crippen LogP contribution in [0, 0.1) is 5.82 Å². The fourth-order valence-corrected chi connectivity index (χ4v) is 1.68. The molecule has 0 saturated carbocycles. The zero-order valence-electron chi connectivity index (χ0n) is 9.97. The lowest BCUT2D eigenvalue weighted by atomic mass is 10.3. The molecule has 0 fully saturated rings. The van der Waals surface area contributed by atoms with Crippen molar-refractivity contribution in [2.24, 2.45) is 0 Å². The minimum Gasteiger partial charge on any atom is -0.461 e. The number of aromatic nitrogens is 2. The van der Waals surface area contributed by atoms with Crippen molar-refractivity contribution < 1.29 is 13.9 Å². The van der Waals surface area contributed by atoms with Gasteiger partial charge in [-0.25, -0.2) is 9.18 Å². The van der Waals surface area contributed by atoms with E-state index in [2.05, 4.69) is 4.98 Å². The van der Waals surface area contributed by atoms with E-state index in [4.69, 9.17) is 4.74 Å². The second-order valence-electron chi connectivity index (χ2n) is 3.75. The molecule has 0 N–H and O–H groups in total. The molecule has 0 unspecified atom stereocenters. The van der Waals surface area contributed by atoms with E-state index < -0.39 is 5.82 Å². The van der Waals surface area contributed by atoms with Crippen LogP contribution < -0.4 is 0 Å². The lowest BCUT2D eigenvalue weighted by Gasteiger charge is -2.08. The highest BCUT2D eigenvalue weighted by molar-refractivity contribution is 5.87. The smallest absolute Gasteiger partial charge is 0.354 e. The van der Waals surface area contributed by atoms with Gasteiger partial charge in [0.15, 0.2) is 0 Å². The van der Waals surface area contributed by atoms with Crippen LogP contribution in [0.4, 0.5) is 4.39 Å². The predicted octanol–water partition coefficient (Wildman–Crippen LogP) is 2.25. The molecule has 2 aromatic rings. The summed E-state index contributed by atoms with van der Waals surface area (Å²) in [6.07, 6.45) is 4.46. The van der Waals surface area contributed by atoms with Crippen LogP contribution in [0.25, 0.3) is 0 Å². The highest BCUT2D eigenvalue weighted by atomic mass is 19.1. The Bertz CT molecular complexity index is 551. The monoisotopic (exact) mass is 248 g/mol. The standard InChI is InChI=1S/C13H13FN2O2/c1-2-18-13(17)12-4-3-5-16(12)9-10-6-11(14)8-15-7-10/h3-8H,2,9H2,1H3. The Morgan fingerprint density at radius 2 is 2.33 bits per heavy atom. The molecule has 0 atom stereocenters. The molecule has 0 aliphatic heterocycles. The molecule has 2 aromatic heterocycles. The van der Waals surface area contributed by atoms with Crippen molar-refractivity contribution in [3.63, 3.8) is 0 Å². The molecule has 94 valence electrons. The van der Waals surface area contributed by atoms with E-state index in [9.17, 15) is 9.18 Å². The predicted molar refractivity (Wildman–Crippen MR) is 63.7 cm³/mol. The van der Waals surface area contributed by atoms with E-state index in [1.165, 1.54) is 6.07 Å². The number of hydrogen-bond donors (Lipinski definition) is 0. The highest BCUT2D eigenvalue weighted by Gasteiger charge is 2.11. The zero-order valence-corrected chi connectivity index (χ0v) is 9.97. The van der Waals surface area contributed by atoms with E-state index in [1.807, 2.05) is 0 Å². The number of ether oxygens (including phenoxy) is 1. The lowest BCUT2D eigenvalue weighted by molar-refractivity contribution is 0.0514. The summed E-state index contributed by atoms with van der Waals surface area (Å²) in [6, 6.07) is 4.81. The number of carbonyl (C=O) groups excluding carboxylic acids is 1. The van der Waals surface area contributed by atoms with Gasteiger partial charge in [-0.1, -0.05) is 0 Å². The molecule has 5 heteroatoms. The first-order chi connectivity index (χ1) is 8.70. The van der Waals surface area contributed by atoms with Crippen LogP contribution in [-0.2, 0) is 11.3 Å². The normalized spacial score (nSPS) is 10.3. The van der Waals surface area contributed by atoms with E-state index in [0.29, 0.717) is 24.4 Å². The minimum atomic E-state index is -0.391. The van der Waals surface area contributed by atoms with Crippen molar-refractivity contribution in [3.8, 4) is 0 Å². The SMILES string of the molecule is CCOC(=O)c1cccn1Cc1cncc(F)c1. The molecule has 0 amide bonds. The van der Waals surface area contributed by atoms with Gasteiger partial charge in [0.05, 0.1) is 12.8 Å². The third-order valence-corrected chi connectivity index (χ3v) is 2.43. The topological polar surface area (TPSA) is 44.1 Å². The summed E-state index contributed by atoms with van der Waals surface area (Å²) in [6.45, 7) is 2.46. The molecule has 0 bridgehead atoms. The molecule has 0 radical (unpaired) electrons. The van der Waals surface area contributed by atoms with Crippen molar-refractivity contribution >= 4 is 5.97 Å². The van der Waals surface area contributed by atoms with Gasteiger partial charge in [-0.05, 0) is 30.7 Å². The number of pyridine rings is 1. The van der Waals surface area contributed by atoms with Gasteiger partial charge in [-0.15, -0.1) is 0 Å². The van der Waals surface area contributed by atoms with Crippen LogP contribution in [0.1, 0.15) is 23.0 Å². The fraction of sp³-hybridized carbons (Fsp3) is 0.231. The van der Waals surface area contributed by atoms with Gasteiger partial charge in [0.25, 0.3) is 0 Å². The minimum absolute atomic E-state index is 0.325. The quantitative estimate of drug-likeness (QED) is 0.779. The average molecular weight is 248 g/mol. The molecule has 4 nitrogen and oxygen atoms in total. The molecular weight excluding hydrogens is 235 g/mol. The molecule has 0 spiro atoms. The molecule has 2 rings (SSSR count). The Morgan fingerprint density at radius 1 is 1.50 bits per heavy atom. The molecule has 0 aliphatic carbocycles. The van der Waals surface area contributed by atoms with Gasteiger partial charge < -0.3 is 9.30 Å². The largest absolute Gasteiger partial charge is 0.461 e. The second-order valence-corrected chi connectivity index (χ2v) is 3.75. The Kier molecular flexibility index (Phi) is 3.72. The third-order valence-electron chi connectivity index (χ3n) is 2.43. The summed E-state index contributed by atoms with van der Waals surface area (Å²) in [7, 11) is 0. The van der Waals surface area contributed by atoms with E-state index in [-0.39, 0.29) is 5.97 Å². The number of halogens is 1. The van der Waals surface area contributed by atoms with Crippen LogP contribution in [0.5, 0.6) is 0 Å². The Morgan fingerprint density at radius 3 is 3.06 bits per heavy atom. The van der Waals surface area contributed by atoms with Crippen LogP contribution in [0.2, 0.25) is 0 Å². The van der Waals surface area contributed by atoms with Gasteiger partial charge in [-0.2, -0.15) is 0 Å². The van der Waals surface area contributed by atoms with Crippen LogP contribution in [0.15, 0.2) is 36.8 Å². The number of esters is 1. The molecule has 2 heterocycles. The third kappa shape index (κ3) is 2.74. The number of carbonyl (C=O) groups is 1. The maximum atomic E-state index is 13.0. The van der Waals surface area contributed by atoms with Crippen molar-refractivity contribution in [3.05, 3.63) is 53.9 Å².